The predicted octanol–water partition coefficient (Wildman–Crippen LogP) is 2.57. The summed E-state index contributed by atoms with van der Waals surface area (Å²) in [5.41, 5.74) is 0. The van der Waals surface area contributed by atoms with Crippen molar-refractivity contribution in [3.05, 3.63) is 0 Å². The molecule has 0 bridgehead atoms. The van der Waals surface area contributed by atoms with E-state index in [1.165, 1.54) is 51.6 Å². The number of hydrogen-bond acceptors (Lipinski definition) is 1. The second kappa shape index (κ2) is 5.59. The summed E-state index contributed by atoms with van der Waals surface area (Å²) < 4.78 is 0. The van der Waals surface area contributed by atoms with Gasteiger partial charge in [-0.2, -0.15) is 0 Å². The van der Waals surface area contributed by atoms with Gasteiger partial charge >= 0.3 is 0 Å². The van der Waals surface area contributed by atoms with E-state index in [4.69, 9.17) is 0 Å². The van der Waals surface area contributed by atoms with Crippen molar-refractivity contribution >= 4 is 0 Å². The molecule has 0 spiro atoms. The Labute approximate surface area is 70.6 Å². The fourth-order valence-corrected chi connectivity index (χ4v) is 1.76. The summed E-state index contributed by atoms with van der Waals surface area (Å²) in [5.74, 6) is 0.967. The van der Waals surface area contributed by atoms with E-state index in [-0.39, 0.29) is 0 Å². The van der Waals surface area contributed by atoms with Gasteiger partial charge in [0.25, 0.3) is 0 Å². The van der Waals surface area contributed by atoms with E-state index in [2.05, 4.69) is 12.2 Å². The van der Waals surface area contributed by atoms with Crippen LogP contribution in [0.1, 0.15) is 45.4 Å². The molecule has 11 heavy (non-hydrogen) atoms. The number of rotatable bonds is 0. The van der Waals surface area contributed by atoms with Crippen molar-refractivity contribution in [2.24, 2.45) is 5.92 Å². The minimum absolute atomic E-state index is 0.967. The highest BCUT2D eigenvalue weighted by atomic mass is 14.8. The first-order valence-corrected chi connectivity index (χ1v) is 5.10. The van der Waals surface area contributed by atoms with Crippen molar-refractivity contribution in [3.63, 3.8) is 0 Å². The summed E-state index contributed by atoms with van der Waals surface area (Å²) in [4.78, 5) is 0. The average Bonchev–Trinajstić information content (AvgIpc) is 2.03. The summed E-state index contributed by atoms with van der Waals surface area (Å²) in [6.45, 7) is 4.88. The molecule has 66 valence electrons. The molecule has 1 aliphatic heterocycles. The Morgan fingerprint density at radius 1 is 0.909 bits per heavy atom. The van der Waals surface area contributed by atoms with Crippen LogP contribution in [0.4, 0.5) is 0 Å². The van der Waals surface area contributed by atoms with Crippen molar-refractivity contribution < 1.29 is 0 Å². The first-order chi connectivity index (χ1) is 5.39. The quantitative estimate of drug-likeness (QED) is 0.567. The van der Waals surface area contributed by atoms with E-state index in [0.29, 0.717) is 0 Å². The summed E-state index contributed by atoms with van der Waals surface area (Å²) in [5, 5.41) is 3.48. The smallest absolute Gasteiger partial charge is 0.00488 e. The highest BCUT2D eigenvalue weighted by molar-refractivity contribution is 4.59. The van der Waals surface area contributed by atoms with Crippen molar-refractivity contribution in [3.8, 4) is 0 Å². The van der Waals surface area contributed by atoms with Crippen molar-refractivity contribution in [1.82, 2.24) is 5.32 Å². The van der Waals surface area contributed by atoms with Gasteiger partial charge < -0.3 is 5.32 Å². The Bertz CT molecular complexity index is 80.9. The third-order valence-electron chi connectivity index (χ3n) is 2.60. The Balaban J connectivity index is 2.12. The molecule has 0 aliphatic carbocycles. The van der Waals surface area contributed by atoms with Gasteiger partial charge in [0, 0.05) is 0 Å². The summed E-state index contributed by atoms with van der Waals surface area (Å²) >= 11 is 0. The molecule has 1 fully saturated rings. The maximum atomic E-state index is 3.48. The maximum absolute atomic E-state index is 3.48. The molecular weight excluding hydrogens is 134 g/mol. The van der Waals surface area contributed by atoms with Gasteiger partial charge in [-0.25, -0.2) is 0 Å². The van der Waals surface area contributed by atoms with Crippen LogP contribution in [0.3, 0.4) is 0 Å². The van der Waals surface area contributed by atoms with Crippen LogP contribution in [0.2, 0.25) is 0 Å². The molecule has 1 aliphatic rings. The maximum Gasteiger partial charge on any atom is -0.00488 e. The van der Waals surface area contributed by atoms with Gasteiger partial charge in [0.1, 0.15) is 0 Å². The number of hydrogen-bond donors (Lipinski definition) is 1. The predicted molar refractivity (Wildman–Crippen MR) is 49.7 cm³/mol. The van der Waals surface area contributed by atoms with Gasteiger partial charge in [0.05, 0.1) is 0 Å². The standard InChI is InChI=1S/C10H21N/c1-10-6-3-2-4-8-11-9-5-7-10/h10-11H,2-9H2,1H3. The van der Waals surface area contributed by atoms with Crippen LogP contribution in [-0.4, -0.2) is 13.1 Å². The number of nitrogens with one attached hydrogen (secondary N) is 1. The summed E-state index contributed by atoms with van der Waals surface area (Å²) in [6, 6.07) is 0. The second-order valence-electron chi connectivity index (χ2n) is 3.85. The molecule has 1 heteroatoms. The van der Waals surface area contributed by atoms with E-state index >= 15 is 0 Å². The molecule has 1 nitrogen and oxygen atoms in total. The van der Waals surface area contributed by atoms with Gasteiger partial charge in [-0.15, -0.1) is 0 Å². The highest BCUT2D eigenvalue weighted by Crippen LogP contribution is 2.15. The zero-order valence-corrected chi connectivity index (χ0v) is 7.73. The minimum atomic E-state index is 0.967. The van der Waals surface area contributed by atoms with Crippen LogP contribution in [0, 0.1) is 5.92 Å². The van der Waals surface area contributed by atoms with Crippen LogP contribution >= 0.6 is 0 Å². The van der Waals surface area contributed by atoms with Crippen LogP contribution in [-0.2, 0) is 0 Å². The lowest BCUT2D eigenvalue weighted by Crippen LogP contribution is -2.18. The zero-order chi connectivity index (χ0) is 7.94. The van der Waals surface area contributed by atoms with Gasteiger partial charge in [-0.05, 0) is 38.3 Å². The normalized spacial score (nSPS) is 29.7. The van der Waals surface area contributed by atoms with E-state index in [1.807, 2.05) is 0 Å². The third-order valence-corrected chi connectivity index (χ3v) is 2.60. The molecule has 0 amide bonds. The van der Waals surface area contributed by atoms with Crippen LogP contribution in [0.25, 0.3) is 0 Å². The SMILES string of the molecule is CC1CCCCCNCCC1. The van der Waals surface area contributed by atoms with Crippen LogP contribution in [0.15, 0.2) is 0 Å². The Kier molecular flexibility index (Phi) is 4.60. The molecule has 1 atom stereocenters. The third kappa shape index (κ3) is 4.41. The molecule has 0 radical (unpaired) electrons. The van der Waals surface area contributed by atoms with Crippen molar-refractivity contribution in [1.29, 1.82) is 0 Å². The van der Waals surface area contributed by atoms with E-state index in [9.17, 15) is 0 Å². The fraction of sp³-hybridized carbons (Fsp3) is 1.00. The lowest BCUT2D eigenvalue weighted by atomic mass is 9.97. The van der Waals surface area contributed by atoms with Gasteiger partial charge in [-0.1, -0.05) is 26.2 Å². The lowest BCUT2D eigenvalue weighted by Gasteiger charge is -2.13. The van der Waals surface area contributed by atoms with E-state index < -0.39 is 0 Å². The highest BCUT2D eigenvalue weighted by Gasteiger charge is 2.03. The van der Waals surface area contributed by atoms with Crippen LogP contribution < -0.4 is 5.32 Å². The van der Waals surface area contributed by atoms with Crippen molar-refractivity contribution in [2.75, 3.05) is 13.1 Å². The van der Waals surface area contributed by atoms with Gasteiger partial charge in [0.2, 0.25) is 0 Å². The molecule has 1 N–H and O–H groups in total. The summed E-state index contributed by atoms with van der Waals surface area (Å²) in [7, 11) is 0. The topological polar surface area (TPSA) is 12.0 Å². The first kappa shape index (κ1) is 9.05. The molecule has 1 rings (SSSR count). The van der Waals surface area contributed by atoms with Gasteiger partial charge in [0.15, 0.2) is 0 Å². The zero-order valence-electron chi connectivity index (χ0n) is 7.73. The largest absolute Gasteiger partial charge is 0.317 e. The average molecular weight is 155 g/mol. The molecule has 0 aromatic rings. The molecular formula is C10H21N. The molecule has 0 saturated carbocycles. The Hall–Kier alpha value is -0.0400. The minimum Gasteiger partial charge on any atom is -0.317 e. The summed E-state index contributed by atoms with van der Waals surface area (Å²) in [6.07, 6.45) is 8.51. The Morgan fingerprint density at radius 3 is 2.55 bits per heavy atom. The fourth-order valence-electron chi connectivity index (χ4n) is 1.76. The van der Waals surface area contributed by atoms with Crippen LogP contribution in [0.5, 0.6) is 0 Å². The second-order valence-corrected chi connectivity index (χ2v) is 3.85. The van der Waals surface area contributed by atoms with Gasteiger partial charge in [-0.3, -0.25) is 0 Å². The molecule has 1 unspecified atom stereocenters. The molecule has 1 saturated heterocycles. The lowest BCUT2D eigenvalue weighted by molar-refractivity contribution is 0.421. The Morgan fingerprint density at radius 2 is 1.64 bits per heavy atom. The molecule has 0 aromatic heterocycles. The molecule has 0 aromatic carbocycles. The first-order valence-electron chi connectivity index (χ1n) is 5.10. The van der Waals surface area contributed by atoms with E-state index in [0.717, 1.165) is 5.92 Å². The molecule has 1 heterocycles. The van der Waals surface area contributed by atoms with Crippen molar-refractivity contribution in [2.45, 2.75) is 45.4 Å². The van der Waals surface area contributed by atoms with E-state index in [1.54, 1.807) is 0 Å². The monoisotopic (exact) mass is 155 g/mol.